The number of fused-ring (bicyclic) bond motifs is 4. The van der Waals surface area contributed by atoms with Crippen LogP contribution in [0.2, 0.25) is 10.0 Å². The minimum atomic E-state index is -3.67. The van der Waals surface area contributed by atoms with Gasteiger partial charge < -0.3 is 15.5 Å². The van der Waals surface area contributed by atoms with Crippen LogP contribution in [0.15, 0.2) is 114 Å². The van der Waals surface area contributed by atoms with E-state index < -0.39 is 15.8 Å². The Morgan fingerprint density at radius 2 is 1.08 bits per heavy atom. The van der Waals surface area contributed by atoms with E-state index >= 15 is 0 Å². The van der Waals surface area contributed by atoms with Crippen molar-refractivity contribution in [3.8, 4) is 0 Å². The van der Waals surface area contributed by atoms with Gasteiger partial charge in [0, 0.05) is 52.4 Å². The summed E-state index contributed by atoms with van der Waals surface area (Å²) in [5, 5.41) is 1.47. The molecule has 0 radical (unpaired) electrons. The maximum atomic E-state index is 13.1. The number of hydrogen-bond donors (Lipinski definition) is 2. The zero-order chi connectivity index (χ0) is 35.1. The van der Waals surface area contributed by atoms with Crippen molar-refractivity contribution in [2.24, 2.45) is 5.73 Å². The molecule has 268 valence electrons. The lowest BCUT2D eigenvalue weighted by atomic mass is 10.0. The molecule has 0 bridgehead atoms. The molecule has 7 rings (SSSR count). The molecule has 0 fully saturated rings. The molecule has 2 aliphatic heterocycles. The molecule has 0 aliphatic carbocycles. The Morgan fingerprint density at radius 3 is 1.57 bits per heavy atom. The van der Waals surface area contributed by atoms with Gasteiger partial charge in [-0.2, -0.15) is 0 Å². The predicted molar refractivity (Wildman–Crippen MR) is 212 cm³/mol. The highest BCUT2D eigenvalue weighted by Crippen LogP contribution is 2.39. The molecule has 0 amide bonds. The van der Waals surface area contributed by atoms with E-state index in [0.717, 1.165) is 67.2 Å². The average molecular weight is 768 g/mol. The van der Waals surface area contributed by atoms with Gasteiger partial charge in [0.1, 0.15) is 5.82 Å². The number of hydrogen-bond acceptors (Lipinski definition) is 5. The van der Waals surface area contributed by atoms with E-state index in [4.69, 9.17) is 28.9 Å². The van der Waals surface area contributed by atoms with Crippen LogP contribution in [0.3, 0.4) is 0 Å². The lowest BCUT2D eigenvalue weighted by molar-refractivity contribution is 0.578. The average Bonchev–Trinajstić information content (AvgIpc) is 3.37. The fraction of sp³-hybridized carbons (Fsp3) is 0.250. The number of nitrogens with two attached hydrogens (primary N) is 1. The SMILES string of the molecule is Cl.NCCCN1c2ccccc2CCc2ccc(Cl)cc21.O=S(=O)(NCCCN1c2ccccc2CCc2ccc(Cl)cc21)c1ccc(F)cc1. The molecular formula is C40H42Cl3FN4O2S. The molecule has 0 saturated carbocycles. The number of nitrogens with zero attached hydrogens (tertiary/aromatic N) is 2. The first-order valence-corrected chi connectivity index (χ1v) is 19.2. The van der Waals surface area contributed by atoms with Crippen LogP contribution in [-0.2, 0) is 35.7 Å². The molecule has 0 atom stereocenters. The summed E-state index contributed by atoms with van der Waals surface area (Å²) in [6.07, 6.45) is 5.57. The molecule has 3 N–H and O–H groups in total. The molecule has 0 aromatic heterocycles. The number of nitrogens with one attached hydrogen (secondary N) is 1. The van der Waals surface area contributed by atoms with Crippen LogP contribution in [0.5, 0.6) is 0 Å². The Morgan fingerprint density at radius 1 is 0.627 bits per heavy atom. The summed E-state index contributed by atoms with van der Waals surface area (Å²) in [6.45, 7) is 2.54. The Hall–Kier alpha value is -3.63. The fourth-order valence-corrected chi connectivity index (χ4v) is 8.05. The Labute approximate surface area is 316 Å². The fourth-order valence-electron chi connectivity index (χ4n) is 6.64. The number of anilines is 4. The van der Waals surface area contributed by atoms with E-state index in [0.29, 0.717) is 24.5 Å². The van der Waals surface area contributed by atoms with Gasteiger partial charge in [0.15, 0.2) is 0 Å². The van der Waals surface area contributed by atoms with Gasteiger partial charge in [-0.1, -0.05) is 71.7 Å². The van der Waals surface area contributed by atoms with E-state index in [1.807, 2.05) is 30.3 Å². The molecule has 5 aromatic carbocycles. The van der Waals surface area contributed by atoms with Gasteiger partial charge >= 0.3 is 0 Å². The van der Waals surface area contributed by atoms with Gasteiger partial charge in [0.2, 0.25) is 10.0 Å². The van der Waals surface area contributed by atoms with Crippen LogP contribution in [-0.4, -0.2) is 34.6 Å². The van der Waals surface area contributed by atoms with E-state index in [1.165, 1.54) is 45.8 Å². The highest BCUT2D eigenvalue weighted by molar-refractivity contribution is 7.89. The van der Waals surface area contributed by atoms with Gasteiger partial charge in [-0.3, -0.25) is 0 Å². The topological polar surface area (TPSA) is 78.7 Å². The molecule has 2 heterocycles. The van der Waals surface area contributed by atoms with Crippen LogP contribution >= 0.6 is 35.6 Å². The van der Waals surface area contributed by atoms with Crippen LogP contribution in [0.4, 0.5) is 27.1 Å². The van der Waals surface area contributed by atoms with Crippen molar-refractivity contribution in [1.29, 1.82) is 0 Å². The van der Waals surface area contributed by atoms with Gasteiger partial charge in [0.05, 0.1) is 4.90 Å². The van der Waals surface area contributed by atoms with Crippen molar-refractivity contribution in [3.63, 3.8) is 0 Å². The summed E-state index contributed by atoms with van der Waals surface area (Å²) in [4.78, 5) is 4.65. The second kappa shape index (κ2) is 17.7. The maximum absolute atomic E-state index is 13.1. The molecule has 0 saturated heterocycles. The lowest BCUT2D eigenvalue weighted by Crippen LogP contribution is -2.28. The van der Waals surface area contributed by atoms with E-state index in [9.17, 15) is 12.8 Å². The molecule has 6 nitrogen and oxygen atoms in total. The van der Waals surface area contributed by atoms with Crippen molar-refractivity contribution >= 4 is 68.4 Å². The first kappa shape index (κ1) is 38.6. The standard InChI is InChI=1S/C23H22ClFN2O2S.C17H19ClN2.ClH/c24-19-9-8-18-7-6-17-4-1-2-5-22(17)27(23(18)16-19)15-3-14-26-30(28,29)21-12-10-20(25)11-13-21;18-15-9-8-14-7-6-13-4-1-2-5-16(13)20(11-3-10-19)17(14)12-15;/h1-2,4-5,8-13,16,26H,3,6-7,14-15H2;1-2,4-5,8-9,12H,3,6-7,10-11,19H2;1H. The van der Waals surface area contributed by atoms with Gasteiger partial charge in [-0.05, 0) is 128 Å². The summed E-state index contributed by atoms with van der Waals surface area (Å²) in [5.41, 5.74) is 15.7. The monoisotopic (exact) mass is 766 g/mol. The van der Waals surface area contributed by atoms with Crippen molar-refractivity contribution in [2.45, 2.75) is 43.4 Å². The van der Waals surface area contributed by atoms with Gasteiger partial charge in [-0.25, -0.2) is 17.5 Å². The zero-order valence-electron chi connectivity index (χ0n) is 28.2. The molecule has 5 aromatic rings. The predicted octanol–water partition coefficient (Wildman–Crippen LogP) is 9.43. The summed E-state index contributed by atoms with van der Waals surface area (Å²) >= 11 is 12.5. The Kier molecular flexibility index (Phi) is 13.4. The van der Waals surface area contributed by atoms with E-state index in [-0.39, 0.29) is 23.8 Å². The van der Waals surface area contributed by atoms with Gasteiger partial charge in [-0.15, -0.1) is 12.4 Å². The number of benzene rings is 5. The number of halogens is 4. The maximum Gasteiger partial charge on any atom is 0.240 e. The third kappa shape index (κ3) is 9.43. The molecule has 0 spiro atoms. The number of para-hydroxylation sites is 2. The first-order valence-electron chi connectivity index (χ1n) is 17.0. The zero-order valence-corrected chi connectivity index (χ0v) is 31.3. The van der Waals surface area contributed by atoms with Crippen molar-refractivity contribution < 1.29 is 12.8 Å². The third-order valence-electron chi connectivity index (χ3n) is 9.13. The van der Waals surface area contributed by atoms with Crippen LogP contribution in [0.25, 0.3) is 0 Å². The van der Waals surface area contributed by atoms with E-state index in [1.54, 1.807) is 0 Å². The third-order valence-corrected chi connectivity index (χ3v) is 11.1. The molecular weight excluding hydrogens is 726 g/mol. The smallest absolute Gasteiger partial charge is 0.240 e. The molecule has 2 aliphatic rings. The quantitative estimate of drug-likeness (QED) is 0.146. The highest BCUT2D eigenvalue weighted by atomic mass is 35.5. The van der Waals surface area contributed by atoms with Crippen LogP contribution < -0.4 is 20.3 Å². The molecule has 11 heteroatoms. The first-order chi connectivity index (χ1) is 24.2. The number of rotatable bonds is 9. The molecule has 0 unspecified atom stereocenters. The number of sulfonamides is 1. The lowest BCUT2D eigenvalue weighted by Gasteiger charge is -2.27. The summed E-state index contributed by atoms with van der Waals surface area (Å²) < 4.78 is 40.5. The Bertz CT molecular complexity index is 2050. The normalized spacial score (nSPS) is 13.3. The van der Waals surface area contributed by atoms with Gasteiger partial charge in [0.25, 0.3) is 0 Å². The van der Waals surface area contributed by atoms with E-state index in [2.05, 4.69) is 69.1 Å². The van der Waals surface area contributed by atoms with Crippen LogP contribution in [0, 0.1) is 5.82 Å². The second-order valence-electron chi connectivity index (χ2n) is 12.5. The summed E-state index contributed by atoms with van der Waals surface area (Å²) in [7, 11) is -3.67. The second-order valence-corrected chi connectivity index (χ2v) is 15.1. The summed E-state index contributed by atoms with van der Waals surface area (Å²) in [5.74, 6) is -0.467. The Balaban J connectivity index is 0.000000209. The highest BCUT2D eigenvalue weighted by Gasteiger charge is 2.22. The van der Waals surface area contributed by atoms with Crippen LogP contribution in [0.1, 0.15) is 35.1 Å². The minimum absolute atomic E-state index is 0. The molecule has 51 heavy (non-hydrogen) atoms. The number of aryl methyl sites for hydroxylation is 4. The van der Waals surface area contributed by atoms with Crippen molar-refractivity contribution in [2.75, 3.05) is 36.0 Å². The minimum Gasteiger partial charge on any atom is -0.341 e. The largest absolute Gasteiger partial charge is 0.341 e. The van der Waals surface area contributed by atoms with Crippen molar-refractivity contribution in [3.05, 3.63) is 147 Å². The summed E-state index contributed by atoms with van der Waals surface area (Å²) in [6, 6.07) is 33.9. The van der Waals surface area contributed by atoms with Crippen molar-refractivity contribution in [1.82, 2.24) is 4.72 Å².